The maximum absolute atomic E-state index is 11.8. The van der Waals surface area contributed by atoms with Crippen molar-refractivity contribution < 1.29 is 14.6 Å². The standard InChI is InChI=1S/C16H18N2O3/c17-11-14-3-1-2-13(10-14)4-5-15(19)18-12-16(20)6-8-21-9-7-16/h1-5,10,20H,6-9,12H2,(H,18,19)/b5-4+. The van der Waals surface area contributed by atoms with Crippen molar-refractivity contribution >= 4 is 12.0 Å². The zero-order chi connectivity index (χ0) is 15.1. The van der Waals surface area contributed by atoms with Crippen molar-refractivity contribution in [3.05, 3.63) is 41.5 Å². The van der Waals surface area contributed by atoms with Crippen LogP contribution in [-0.2, 0) is 9.53 Å². The molecule has 1 fully saturated rings. The number of aliphatic hydroxyl groups is 1. The lowest BCUT2D eigenvalue weighted by molar-refractivity contribution is -0.119. The Bertz CT molecular complexity index is 569. The molecular formula is C16H18N2O3. The summed E-state index contributed by atoms with van der Waals surface area (Å²) in [5.41, 5.74) is 0.464. The molecule has 1 aromatic rings. The Labute approximate surface area is 123 Å². The van der Waals surface area contributed by atoms with Crippen LogP contribution >= 0.6 is 0 Å². The summed E-state index contributed by atoms with van der Waals surface area (Å²) < 4.78 is 5.19. The topological polar surface area (TPSA) is 82.4 Å². The summed E-state index contributed by atoms with van der Waals surface area (Å²) in [7, 11) is 0. The molecule has 0 spiro atoms. The summed E-state index contributed by atoms with van der Waals surface area (Å²) in [6.45, 7) is 1.25. The molecule has 0 radical (unpaired) electrons. The second-order valence-corrected chi connectivity index (χ2v) is 5.13. The van der Waals surface area contributed by atoms with Gasteiger partial charge in [-0.15, -0.1) is 0 Å². The molecule has 5 nitrogen and oxygen atoms in total. The van der Waals surface area contributed by atoms with Gasteiger partial charge < -0.3 is 15.2 Å². The first kappa shape index (κ1) is 15.2. The summed E-state index contributed by atoms with van der Waals surface area (Å²) in [4.78, 5) is 11.8. The van der Waals surface area contributed by atoms with E-state index in [1.54, 1.807) is 24.3 Å². The van der Waals surface area contributed by atoms with E-state index in [0.29, 0.717) is 31.6 Å². The molecule has 0 saturated carbocycles. The molecule has 1 saturated heterocycles. The molecule has 1 amide bonds. The van der Waals surface area contributed by atoms with Crippen LogP contribution in [-0.4, -0.2) is 36.4 Å². The van der Waals surface area contributed by atoms with E-state index < -0.39 is 5.60 Å². The van der Waals surface area contributed by atoms with Crippen LogP contribution in [0.3, 0.4) is 0 Å². The van der Waals surface area contributed by atoms with Gasteiger partial charge in [-0.2, -0.15) is 5.26 Å². The fourth-order valence-corrected chi connectivity index (χ4v) is 2.12. The quantitative estimate of drug-likeness (QED) is 0.816. The first-order valence-corrected chi connectivity index (χ1v) is 6.87. The summed E-state index contributed by atoms with van der Waals surface area (Å²) >= 11 is 0. The molecule has 2 N–H and O–H groups in total. The molecule has 0 bridgehead atoms. The normalized spacial score (nSPS) is 17.3. The molecule has 1 aromatic carbocycles. The van der Waals surface area contributed by atoms with Gasteiger partial charge in [-0.1, -0.05) is 12.1 Å². The maximum Gasteiger partial charge on any atom is 0.244 e. The highest BCUT2D eigenvalue weighted by atomic mass is 16.5. The monoisotopic (exact) mass is 286 g/mol. The third-order valence-corrected chi connectivity index (χ3v) is 3.46. The predicted octanol–water partition coefficient (Wildman–Crippen LogP) is 1.23. The van der Waals surface area contributed by atoms with Gasteiger partial charge in [0.1, 0.15) is 0 Å². The van der Waals surface area contributed by atoms with E-state index in [1.807, 2.05) is 12.1 Å². The van der Waals surface area contributed by atoms with Gasteiger partial charge in [0.15, 0.2) is 0 Å². The molecule has 1 aliphatic heterocycles. The Morgan fingerprint density at radius 3 is 2.95 bits per heavy atom. The number of carbonyl (C=O) groups is 1. The van der Waals surface area contributed by atoms with Crippen molar-refractivity contribution in [3.8, 4) is 6.07 Å². The van der Waals surface area contributed by atoms with Crippen molar-refractivity contribution in [3.63, 3.8) is 0 Å². The van der Waals surface area contributed by atoms with Crippen molar-refractivity contribution in [2.45, 2.75) is 18.4 Å². The number of amides is 1. The number of nitrogens with one attached hydrogen (secondary N) is 1. The minimum absolute atomic E-state index is 0.220. The third-order valence-electron chi connectivity index (χ3n) is 3.46. The second-order valence-electron chi connectivity index (χ2n) is 5.13. The van der Waals surface area contributed by atoms with Crippen LogP contribution in [0.1, 0.15) is 24.0 Å². The summed E-state index contributed by atoms with van der Waals surface area (Å²) in [6, 6.07) is 9.04. The van der Waals surface area contributed by atoms with Crippen LogP contribution in [0.2, 0.25) is 0 Å². The number of benzene rings is 1. The Balaban J connectivity index is 1.86. The summed E-state index contributed by atoms with van der Waals surface area (Å²) in [5, 5.41) is 21.7. The molecule has 1 heterocycles. The molecule has 110 valence electrons. The smallest absolute Gasteiger partial charge is 0.244 e. The molecule has 21 heavy (non-hydrogen) atoms. The highest BCUT2D eigenvalue weighted by Crippen LogP contribution is 2.19. The number of hydrogen-bond donors (Lipinski definition) is 2. The van der Waals surface area contributed by atoms with Gasteiger partial charge >= 0.3 is 0 Å². The predicted molar refractivity (Wildman–Crippen MR) is 78.2 cm³/mol. The molecule has 0 atom stereocenters. The minimum atomic E-state index is -0.873. The van der Waals surface area contributed by atoms with E-state index in [0.717, 1.165) is 5.56 Å². The zero-order valence-corrected chi connectivity index (χ0v) is 11.7. The minimum Gasteiger partial charge on any atom is -0.388 e. The molecular weight excluding hydrogens is 268 g/mol. The Morgan fingerprint density at radius 2 is 2.24 bits per heavy atom. The molecule has 0 unspecified atom stereocenters. The van der Waals surface area contributed by atoms with Crippen LogP contribution < -0.4 is 5.32 Å². The Hall–Kier alpha value is -2.16. The van der Waals surface area contributed by atoms with Gasteiger partial charge in [-0.3, -0.25) is 4.79 Å². The van der Waals surface area contributed by atoms with Crippen molar-refractivity contribution in [1.82, 2.24) is 5.32 Å². The molecule has 5 heteroatoms. The van der Waals surface area contributed by atoms with Crippen molar-refractivity contribution in [2.24, 2.45) is 0 Å². The van der Waals surface area contributed by atoms with Crippen molar-refractivity contribution in [2.75, 3.05) is 19.8 Å². The first-order chi connectivity index (χ1) is 10.1. The average molecular weight is 286 g/mol. The molecule has 0 aliphatic carbocycles. The average Bonchev–Trinajstić information content (AvgIpc) is 2.52. The highest BCUT2D eigenvalue weighted by molar-refractivity contribution is 5.91. The van der Waals surface area contributed by atoms with Gasteiger partial charge in [-0.25, -0.2) is 0 Å². The van der Waals surface area contributed by atoms with Crippen LogP contribution in [0.15, 0.2) is 30.3 Å². The lowest BCUT2D eigenvalue weighted by Crippen LogP contribution is -2.46. The SMILES string of the molecule is N#Cc1cccc(/C=C/C(=O)NCC2(O)CCOCC2)c1. The Morgan fingerprint density at radius 1 is 1.48 bits per heavy atom. The number of carbonyl (C=O) groups excluding carboxylic acids is 1. The van der Waals surface area contributed by atoms with Crippen molar-refractivity contribution in [1.29, 1.82) is 5.26 Å². The lowest BCUT2D eigenvalue weighted by Gasteiger charge is -2.31. The zero-order valence-electron chi connectivity index (χ0n) is 11.7. The van der Waals surface area contributed by atoms with Crippen LogP contribution in [0.5, 0.6) is 0 Å². The maximum atomic E-state index is 11.8. The van der Waals surface area contributed by atoms with E-state index in [1.165, 1.54) is 6.08 Å². The van der Waals surface area contributed by atoms with Gasteiger partial charge in [0.05, 0.1) is 17.2 Å². The largest absolute Gasteiger partial charge is 0.388 e. The number of nitrogens with zero attached hydrogens (tertiary/aromatic N) is 1. The number of hydrogen-bond acceptors (Lipinski definition) is 4. The number of nitriles is 1. The highest BCUT2D eigenvalue weighted by Gasteiger charge is 2.29. The number of rotatable bonds is 4. The van der Waals surface area contributed by atoms with Crippen LogP contribution in [0.4, 0.5) is 0 Å². The van der Waals surface area contributed by atoms with E-state index in [9.17, 15) is 9.90 Å². The lowest BCUT2D eigenvalue weighted by atomic mass is 9.94. The molecule has 1 aliphatic rings. The molecule has 2 rings (SSSR count). The van der Waals surface area contributed by atoms with E-state index in [-0.39, 0.29) is 12.5 Å². The van der Waals surface area contributed by atoms with Gasteiger partial charge in [0, 0.05) is 38.7 Å². The van der Waals surface area contributed by atoms with E-state index in [4.69, 9.17) is 10.00 Å². The third kappa shape index (κ3) is 4.71. The summed E-state index contributed by atoms with van der Waals surface area (Å²) in [5.74, 6) is -0.266. The fourth-order valence-electron chi connectivity index (χ4n) is 2.12. The number of ether oxygens (including phenoxy) is 1. The van der Waals surface area contributed by atoms with Crippen LogP contribution in [0, 0.1) is 11.3 Å². The van der Waals surface area contributed by atoms with Crippen LogP contribution in [0.25, 0.3) is 6.08 Å². The fraction of sp³-hybridized carbons (Fsp3) is 0.375. The first-order valence-electron chi connectivity index (χ1n) is 6.87. The second kappa shape index (κ2) is 7.02. The van der Waals surface area contributed by atoms with Gasteiger partial charge in [0.2, 0.25) is 5.91 Å². The van der Waals surface area contributed by atoms with Gasteiger partial charge in [0.25, 0.3) is 0 Å². The Kier molecular flexibility index (Phi) is 5.09. The molecule has 0 aromatic heterocycles. The summed E-state index contributed by atoms with van der Waals surface area (Å²) in [6.07, 6.45) is 4.10. The van der Waals surface area contributed by atoms with Gasteiger partial charge in [-0.05, 0) is 23.8 Å². The van der Waals surface area contributed by atoms with E-state index in [2.05, 4.69) is 5.32 Å². The van der Waals surface area contributed by atoms with E-state index >= 15 is 0 Å².